The van der Waals surface area contributed by atoms with Crippen LogP contribution in [-0.2, 0) is 9.59 Å². The molecule has 1 saturated heterocycles. The molecule has 154 valence electrons. The van der Waals surface area contributed by atoms with E-state index in [2.05, 4.69) is 5.32 Å². The fraction of sp³-hybridized carbons (Fsp3) is 0. The number of benzene rings is 2. The van der Waals surface area contributed by atoms with Gasteiger partial charge in [-0.15, -0.1) is 0 Å². The van der Waals surface area contributed by atoms with Gasteiger partial charge in [-0.05, 0) is 60.8 Å². The fourth-order valence-corrected chi connectivity index (χ4v) is 3.45. The maximum atomic E-state index is 13.0. The fourth-order valence-electron chi connectivity index (χ4n) is 3.04. The SMILES string of the molecule is O=C1NC(=S)N(c2ccc(Cl)cc2)C(=O)C1=Cc1ccc(-c2ccccc2[N+](=O)[O-])o1. The molecule has 2 aromatic carbocycles. The van der Waals surface area contributed by atoms with Crippen molar-refractivity contribution in [3.05, 3.63) is 87.1 Å². The van der Waals surface area contributed by atoms with Crippen LogP contribution in [0, 0.1) is 10.1 Å². The molecular weight excluding hydrogens is 442 g/mol. The lowest BCUT2D eigenvalue weighted by Crippen LogP contribution is -2.54. The number of hydrogen-bond donors (Lipinski definition) is 1. The van der Waals surface area contributed by atoms with E-state index < -0.39 is 16.7 Å². The summed E-state index contributed by atoms with van der Waals surface area (Å²) in [5.74, 6) is -0.910. The van der Waals surface area contributed by atoms with Gasteiger partial charge in [0.1, 0.15) is 17.1 Å². The second kappa shape index (κ2) is 8.13. The molecule has 0 radical (unpaired) electrons. The number of anilines is 1. The van der Waals surface area contributed by atoms with Crippen LogP contribution >= 0.6 is 23.8 Å². The van der Waals surface area contributed by atoms with Crippen LogP contribution in [0.1, 0.15) is 5.76 Å². The summed E-state index contributed by atoms with van der Waals surface area (Å²) in [5.41, 5.74) is 0.389. The number of carbonyl (C=O) groups excluding carboxylic acids is 2. The average Bonchev–Trinajstić information content (AvgIpc) is 3.21. The Balaban J connectivity index is 1.69. The summed E-state index contributed by atoms with van der Waals surface area (Å²) in [6, 6.07) is 15.5. The lowest BCUT2D eigenvalue weighted by Gasteiger charge is -2.28. The van der Waals surface area contributed by atoms with Gasteiger partial charge in [-0.3, -0.25) is 29.9 Å². The van der Waals surface area contributed by atoms with E-state index in [0.29, 0.717) is 10.7 Å². The molecule has 0 atom stereocenters. The Labute approximate surface area is 185 Å². The van der Waals surface area contributed by atoms with Gasteiger partial charge in [0.05, 0.1) is 16.2 Å². The number of hydrogen-bond acceptors (Lipinski definition) is 6. The number of nitro groups is 1. The molecular formula is C21H12ClN3O5S. The Morgan fingerprint density at radius 2 is 1.77 bits per heavy atom. The molecule has 0 saturated carbocycles. The zero-order chi connectivity index (χ0) is 22.1. The maximum Gasteiger partial charge on any atom is 0.280 e. The zero-order valence-corrected chi connectivity index (χ0v) is 17.1. The number of nitrogens with one attached hydrogen (secondary N) is 1. The molecule has 0 aliphatic carbocycles. The molecule has 2 amide bonds. The summed E-state index contributed by atoms with van der Waals surface area (Å²) >= 11 is 11.0. The van der Waals surface area contributed by atoms with Crippen molar-refractivity contribution < 1.29 is 18.9 Å². The molecule has 8 nitrogen and oxygen atoms in total. The molecule has 0 bridgehead atoms. The highest BCUT2D eigenvalue weighted by Crippen LogP contribution is 2.32. The van der Waals surface area contributed by atoms with Crippen molar-refractivity contribution >= 4 is 58.2 Å². The van der Waals surface area contributed by atoms with Crippen molar-refractivity contribution in [3.8, 4) is 11.3 Å². The number of thiocarbonyl (C=S) groups is 1. The summed E-state index contributed by atoms with van der Waals surface area (Å²) in [6.07, 6.45) is 1.26. The zero-order valence-electron chi connectivity index (χ0n) is 15.6. The summed E-state index contributed by atoms with van der Waals surface area (Å²) in [6.45, 7) is 0. The first kappa shape index (κ1) is 20.5. The minimum absolute atomic E-state index is 0.0606. The topological polar surface area (TPSA) is 106 Å². The number of carbonyl (C=O) groups is 2. The molecule has 3 aromatic rings. The largest absolute Gasteiger partial charge is 0.456 e. The Hall–Kier alpha value is -3.82. The average molecular weight is 454 g/mol. The predicted octanol–water partition coefficient (Wildman–Crippen LogP) is 4.34. The lowest BCUT2D eigenvalue weighted by atomic mass is 10.1. The number of nitrogens with zero attached hydrogens (tertiary/aromatic N) is 2. The van der Waals surface area contributed by atoms with E-state index in [0.717, 1.165) is 0 Å². The van der Waals surface area contributed by atoms with E-state index in [4.69, 9.17) is 28.2 Å². The van der Waals surface area contributed by atoms with Crippen molar-refractivity contribution in [2.24, 2.45) is 0 Å². The van der Waals surface area contributed by atoms with Crippen LogP contribution in [0.3, 0.4) is 0 Å². The molecule has 1 aromatic heterocycles. The van der Waals surface area contributed by atoms with Crippen molar-refractivity contribution in [1.29, 1.82) is 0 Å². The maximum absolute atomic E-state index is 13.0. The Kier molecular flexibility index (Phi) is 5.37. The summed E-state index contributed by atoms with van der Waals surface area (Å²) in [7, 11) is 0. The summed E-state index contributed by atoms with van der Waals surface area (Å²) < 4.78 is 5.66. The number of furan rings is 1. The van der Waals surface area contributed by atoms with Crippen LogP contribution in [0.4, 0.5) is 11.4 Å². The lowest BCUT2D eigenvalue weighted by molar-refractivity contribution is -0.384. The second-order valence-corrected chi connectivity index (χ2v) is 7.23. The molecule has 1 N–H and O–H groups in total. The Morgan fingerprint density at radius 3 is 2.48 bits per heavy atom. The third kappa shape index (κ3) is 3.96. The van der Waals surface area contributed by atoms with E-state index in [1.807, 2.05) is 0 Å². The van der Waals surface area contributed by atoms with Crippen LogP contribution in [0.5, 0.6) is 0 Å². The highest BCUT2D eigenvalue weighted by Gasteiger charge is 2.34. The highest BCUT2D eigenvalue weighted by atomic mass is 35.5. The first-order valence-electron chi connectivity index (χ1n) is 8.86. The highest BCUT2D eigenvalue weighted by molar-refractivity contribution is 7.80. The van der Waals surface area contributed by atoms with Crippen LogP contribution in [0.25, 0.3) is 17.4 Å². The number of rotatable bonds is 4. The smallest absolute Gasteiger partial charge is 0.280 e. The van der Waals surface area contributed by atoms with Gasteiger partial charge in [-0.2, -0.15) is 0 Å². The van der Waals surface area contributed by atoms with Crippen molar-refractivity contribution in [3.63, 3.8) is 0 Å². The van der Waals surface area contributed by atoms with Gasteiger partial charge in [0.25, 0.3) is 17.5 Å². The van der Waals surface area contributed by atoms with E-state index in [9.17, 15) is 19.7 Å². The van der Waals surface area contributed by atoms with Crippen molar-refractivity contribution in [2.75, 3.05) is 4.90 Å². The van der Waals surface area contributed by atoms with Gasteiger partial charge in [-0.25, -0.2) is 0 Å². The van der Waals surface area contributed by atoms with Crippen molar-refractivity contribution in [1.82, 2.24) is 5.32 Å². The number of amides is 2. The van der Waals surface area contributed by atoms with E-state index >= 15 is 0 Å². The molecule has 2 heterocycles. The van der Waals surface area contributed by atoms with Crippen LogP contribution in [0.15, 0.2) is 70.7 Å². The third-order valence-electron chi connectivity index (χ3n) is 4.47. The second-order valence-electron chi connectivity index (χ2n) is 6.41. The third-order valence-corrected chi connectivity index (χ3v) is 5.00. The molecule has 31 heavy (non-hydrogen) atoms. The van der Waals surface area contributed by atoms with E-state index in [1.165, 1.54) is 29.2 Å². The van der Waals surface area contributed by atoms with Gasteiger partial charge in [0.15, 0.2) is 5.11 Å². The summed E-state index contributed by atoms with van der Waals surface area (Å²) in [5, 5.41) is 14.1. The Bertz CT molecular complexity index is 1270. The predicted molar refractivity (Wildman–Crippen MR) is 118 cm³/mol. The monoisotopic (exact) mass is 453 g/mol. The standard InChI is InChI=1S/C21H12ClN3O5S/c22-12-5-7-13(8-6-12)24-20(27)16(19(26)23-21(24)31)11-14-9-10-18(30-14)15-3-1-2-4-17(15)25(28)29/h1-11H,(H,23,26,31). The molecule has 0 spiro atoms. The minimum atomic E-state index is -0.677. The first-order valence-corrected chi connectivity index (χ1v) is 9.64. The minimum Gasteiger partial charge on any atom is -0.456 e. The molecule has 4 rings (SSSR count). The first-order chi connectivity index (χ1) is 14.8. The summed E-state index contributed by atoms with van der Waals surface area (Å²) in [4.78, 5) is 37.3. The number of halogens is 1. The van der Waals surface area contributed by atoms with E-state index in [1.54, 1.807) is 42.5 Å². The van der Waals surface area contributed by atoms with Crippen LogP contribution < -0.4 is 10.2 Å². The number of nitro benzene ring substituents is 1. The van der Waals surface area contributed by atoms with E-state index in [-0.39, 0.29) is 33.5 Å². The molecule has 1 fully saturated rings. The van der Waals surface area contributed by atoms with Gasteiger partial charge in [0.2, 0.25) is 0 Å². The number of para-hydroxylation sites is 1. The molecule has 1 aliphatic rings. The van der Waals surface area contributed by atoms with Crippen LogP contribution in [0.2, 0.25) is 5.02 Å². The quantitative estimate of drug-likeness (QED) is 0.207. The van der Waals surface area contributed by atoms with Gasteiger partial charge in [-0.1, -0.05) is 23.7 Å². The van der Waals surface area contributed by atoms with Gasteiger partial charge < -0.3 is 4.42 Å². The van der Waals surface area contributed by atoms with Gasteiger partial charge in [0, 0.05) is 11.1 Å². The Morgan fingerprint density at radius 1 is 1.06 bits per heavy atom. The van der Waals surface area contributed by atoms with Crippen LogP contribution in [-0.4, -0.2) is 21.9 Å². The molecule has 0 unspecified atom stereocenters. The normalized spacial score (nSPS) is 15.3. The molecule has 1 aliphatic heterocycles. The molecule has 10 heteroatoms. The van der Waals surface area contributed by atoms with Crippen molar-refractivity contribution in [2.45, 2.75) is 0 Å². The van der Waals surface area contributed by atoms with Gasteiger partial charge >= 0.3 is 0 Å².